The Labute approximate surface area is 160 Å². The summed E-state index contributed by atoms with van der Waals surface area (Å²) in [5, 5.41) is 4.77. The van der Waals surface area contributed by atoms with Gasteiger partial charge in [-0.2, -0.15) is 0 Å². The van der Waals surface area contributed by atoms with E-state index in [4.69, 9.17) is 0 Å². The molecule has 0 spiro atoms. The fourth-order valence-electron chi connectivity index (χ4n) is 2.90. The lowest BCUT2D eigenvalue weighted by Crippen LogP contribution is -2.33. The molecule has 2 aromatic carbocycles. The van der Waals surface area contributed by atoms with E-state index in [2.05, 4.69) is 10.6 Å². The first kappa shape index (κ1) is 19.7. The van der Waals surface area contributed by atoms with Gasteiger partial charge in [-0.25, -0.2) is 17.2 Å². The number of halogens is 2. The lowest BCUT2D eigenvalue weighted by molar-refractivity contribution is -0.115. The number of sulfonamides is 1. The predicted molar refractivity (Wildman–Crippen MR) is 99.7 cm³/mol. The van der Waals surface area contributed by atoms with Crippen molar-refractivity contribution in [1.82, 2.24) is 5.32 Å². The van der Waals surface area contributed by atoms with Crippen LogP contribution in [0, 0.1) is 11.6 Å². The number of anilines is 2. The number of hydrogen-bond donors (Lipinski definition) is 2. The van der Waals surface area contributed by atoms with Crippen LogP contribution in [0.25, 0.3) is 0 Å². The summed E-state index contributed by atoms with van der Waals surface area (Å²) >= 11 is 0. The topological polar surface area (TPSA) is 95.6 Å². The lowest BCUT2D eigenvalue weighted by atomic mass is 10.1. The Morgan fingerprint density at radius 3 is 2.54 bits per heavy atom. The Morgan fingerprint density at radius 2 is 1.86 bits per heavy atom. The second-order valence-corrected chi connectivity index (χ2v) is 8.20. The fourth-order valence-corrected chi connectivity index (χ4v) is 3.86. The van der Waals surface area contributed by atoms with Crippen molar-refractivity contribution >= 4 is 33.2 Å². The van der Waals surface area contributed by atoms with Crippen molar-refractivity contribution in [2.24, 2.45) is 0 Å². The van der Waals surface area contributed by atoms with Crippen molar-refractivity contribution in [3.8, 4) is 0 Å². The molecule has 3 rings (SSSR count). The molecular weight excluding hydrogens is 392 g/mol. The van der Waals surface area contributed by atoms with Crippen molar-refractivity contribution < 1.29 is 26.8 Å². The summed E-state index contributed by atoms with van der Waals surface area (Å²) in [6, 6.07) is 7.54. The largest absolute Gasteiger partial charge is 0.343 e. The summed E-state index contributed by atoms with van der Waals surface area (Å²) < 4.78 is 50.8. The van der Waals surface area contributed by atoms with Crippen molar-refractivity contribution in [3.05, 3.63) is 59.2 Å². The Hall–Kier alpha value is -3.01. The van der Waals surface area contributed by atoms with Crippen LogP contribution in [0.5, 0.6) is 0 Å². The molecule has 1 aliphatic heterocycles. The highest BCUT2D eigenvalue weighted by Crippen LogP contribution is 2.30. The SMILES string of the molecule is CS(=O)(=O)N1CCc2cc(C(=O)NCC(=O)Nc3ccc(F)c(F)c3)ccc21. The molecule has 2 amide bonds. The van der Waals surface area contributed by atoms with Crippen LogP contribution in [0.3, 0.4) is 0 Å². The summed E-state index contributed by atoms with van der Waals surface area (Å²) in [5.41, 5.74) is 1.62. The van der Waals surface area contributed by atoms with Crippen molar-refractivity contribution in [2.45, 2.75) is 6.42 Å². The minimum atomic E-state index is -3.38. The number of carbonyl (C=O) groups excluding carboxylic acids is 2. The first-order valence-electron chi connectivity index (χ1n) is 8.29. The van der Waals surface area contributed by atoms with E-state index >= 15 is 0 Å². The van der Waals surface area contributed by atoms with Gasteiger partial charge in [0.25, 0.3) is 5.91 Å². The maximum Gasteiger partial charge on any atom is 0.251 e. The smallest absolute Gasteiger partial charge is 0.251 e. The summed E-state index contributed by atoms with van der Waals surface area (Å²) in [7, 11) is -3.38. The molecule has 10 heteroatoms. The first-order chi connectivity index (χ1) is 13.1. The third-order valence-corrected chi connectivity index (χ3v) is 5.39. The van der Waals surface area contributed by atoms with Gasteiger partial charge in [0.05, 0.1) is 18.5 Å². The molecule has 0 atom stereocenters. The summed E-state index contributed by atoms with van der Waals surface area (Å²) in [5.74, 6) is -3.25. The molecule has 28 heavy (non-hydrogen) atoms. The molecule has 1 aliphatic rings. The standard InChI is InChI=1S/C18H17F2N3O4S/c1-28(26,27)23-7-6-11-8-12(2-5-16(11)23)18(25)21-10-17(24)22-13-3-4-14(19)15(20)9-13/h2-5,8-9H,6-7,10H2,1H3,(H,21,25)(H,22,24). The number of amides is 2. The monoisotopic (exact) mass is 409 g/mol. The molecule has 2 aromatic rings. The van der Waals surface area contributed by atoms with Gasteiger partial charge in [0.2, 0.25) is 15.9 Å². The molecule has 0 bridgehead atoms. The molecule has 0 radical (unpaired) electrons. The number of benzene rings is 2. The van der Waals surface area contributed by atoms with Crippen LogP contribution in [-0.2, 0) is 21.2 Å². The third kappa shape index (κ3) is 4.28. The second kappa shape index (κ2) is 7.55. The molecule has 0 fully saturated rings. The molecular formula is C18H17F2N3O4S. The van der Waals surface area contributed by atoms with Crippen LogP contribution >= 0.6 is 0 Å². The van der Waals surface area contributed by atoms with Gasteiger partial charge in [0.15, 0.2) is 11.6 Å². The third-order valence-electron chi connectivity index (χ3n) is 4.21. The average Bonchev–Trinajstić information content (AvgIpc) is 3.06. The van der Waals surface area contributed by atoms with Gasteiger partial charge in [-0.05, 0) is 42.3 Å². The Kier molecular flexibility index (Phi) is 5.32. The minimum absolute atomic E-state index is 0.0662. The van der Waals surface area contributed by atoms with Crippen LogP contribution in [0.1, 0.15) is 15.9 Å². The van der Waals surface area contributed by atoms with E-state index in [1.54, 1.807) is 12.1 Å². The van der Waals surface area contributed by atoms with E-state index in [0.717, 1.165) is 24.0 Å². The number of rotatable bonds is 5. The number of carbonyl (C=O) groups is 2. The second-order valence-electron chi connectivity index (χ2n) is 6.29. The molecule has 0 aliphatic carbocycles. The normalized spacial score (nSPS) is 13.2. The Bertz CT molecular complexity index is 1060. The van der Waals surface area contributed by atoms with Gasteiger partial charge in [0.1, 0.15) is 0 Å². The van der Waals surface area contributed by atoms with E-state index in [9.17, 15) is 26.8 Å². The van der Waals surface area contributed by atoms with Crippen LogP contribution in [0.2, 0.25) is 0 Å². The Morgan fingerprint density at radius 1 is 1.11 bits per heavy atom. The zero-order chi connectivity index (χ0) is 20.5. The fraction of sp³-hybridized carbons (Fsp3) is 0.222. The zero-order valence-electron chi connectivity index (χ0n) is 14.8. The number of hydrogen-bond acceptors (Lipinski definition) is 4. The molecule has 0 saturated heterocycles. The highest BCUT2D eigenvalue weighted by molar-refractivity contribution is 7.92. The van der Waals surface area contributed by atoms with Crippen LogP contribution in [0.4, 0.5) is 20.2 Å². The minimum Gasteiger partial charge on any atom is -0.343 e. The molecule has 0 aromatic heterocycles. The van der Waals surface area contributed by atoms with Crippen molar-refractivity contribution in [2.75, 3.05) is 29.0 Å². The summed E-state index contributed by atoms with van der Waals surface area (Å²) in [4.78, 5) is 24.1. The molecule has 0 unspecified atom stereocenters. The van der Waals surface area contributed by atoms with Crippen molar-refractivity contribution in [1.29, 1.82) is 0 Å². The van der Waals surface area contributed by atoms with Gasteiger partial charge in [-0.3, -0.25) is 13.9 Å². The van der Waals surface area contributed by atoms with Crippen molar-refractivity contribution in [3.63, 3.8) is 0 Å². The predicted octanol–water partition coefficient (Wildman–Crippen LogP) is 1.66. The molecule has 148 valence electrons. The van der Waals surface area contributed by atoms with E-state index in [-0.39, 0.29) is 17.8 Å². The number of nitrogens with one attached hydrogen (secondary N) is 2. The van der Waals surface area contributed by atoms with E-state index in [1.807, 2.05) is 0 Å². The first-order valence-corrected chi connectivity index (χ1v) is 10.1. The lowest BCUT2D eigenvalue weighted by Gasteiger charge is -2.16. The van der Waals surface area contributed by atoms with E-state index in [1.165, 1.54) is 16.4 Å². The quantitative estimate of drug-likeness (QED) is 0.785. The highest BCUT2D eigenvalue weighted by Gasteiger charge is 2.26. The van der Waals surface area contributed by atoms with Gasteiger partial charge >= 0.3 is 0 Å². The van der Waals surface area contributed by atoms with Crippen LogP contribution in [-0.4, -0.2) is 39.6 Å². The summed E-state index contributed by atoms with van der Waals surface area (Å²) in [6.07, 6.45) is 1.61. The van der Waals surface area contributed by atoms with E-state index < -0.39 is 33.5 Å². The van der Waals surface area contributed by atoms with Crippen LogP contribution < -0.4 is 14.9 Å². The van der Waals surface area contributed by atoms with Gasteiger partial charge < -0.3 is 10.6 Å². The highest BCUT2D eigenvalue weighted by atomic mass is 32.2. The summed E-state index contributed by atoms with van der Waals surface area (Å²) in [6.45, 7) is -0.0553. The zero-order valence-corrected chi connectivity index (χ0v) is 15.6. The molecule has 0 saturated carbocycles. The number of fused-ring (bicyclic) bond motifs is 1. The Balaban J connectivity index is 1.61. The molecule has 1 heterocycles. The molecule has 7 nitrogen and oxygen atoms in total. The van der Waals surface area contributed by atoms with Gasteiger partial charge in [0, 0.05) is 23.9 Å². The van der Waals surface area contributed by atoms with Crippen LogP contribution in [0.15, 0.2) is 36.4 Å². The van der Waals surface area contributed by atoms with Gasteiger partial charge in [-0.15, -0.1) is 0 Å². The number of nitrogens with zero attached hydrogens (tertiary/aromatic N) is 1. The maximum absolute atomic E-state index is 13.1. The maximum atomic E-state index is 13.1. The van der Waals surface area contributed by atoms with E-state index in [0.29, 0.717) is 18.7 Å². The van der Waals surface area contributed by atoms with Gasteiger partial charge in [-0.1, -0.05) is 0 Å². The average molecular weight is 409 g/mol. The molecule has 2 N–H and O–H groups in total.